The Bertz CT molecular complexity index is 1250. The van der Waals surface area contributed by atoms with Gasteiger partial charge in [-0.3, -0.25) is 9.52 Å². The third-order valence-corrected chi connectivity index (χ3v) is 6.07. The summed E-state index contributed by atoms with van der Waals surface area (Å²) in [5.41, 5.74) is 0.726. The van der Waals surface area contributed by atoms with Crippen molar-refractivity contribution in [3.63, 3.8) is 0 Å². The van der Waals surface area contributed by atoms with Gasteiger partial charge in [0.2, 0.25) is 0 Å². The number of hydrogen-bond acceptors (Lipinski definition) is 6. The summed E-state index contributed by atoms with van der Waals surface area (Å²) in [6, 6.07) is 15.2. The fourth-order valence-electron chi connectivity index (χ4n) is 2.86. The highest BCUT2D eigenvalue weighted by atomic mass is 35.5. The topological polar surface area (TPSA) is 103 Å². The number of methoxy groups -OCH3 is 3. The molecule has 0 aromatic heterocycles. The first-order valence-electron chi connectivity index (χ1n) is 9.27. The molecule has 168 valence electrons. The maximum Gasteiger partial charge on any atom is 0.262 e. The normalized spacial score (nSPS) is 10.9. The van der Waals surface area contributed by atoms with Gasteiger partial charge >= 0.3 is 0 Å². The monoisotopic (exact) mass is 476 g/mol. The van der Waals surface area contributed by atoms with E-state index in [1.165, 1.54) is 51.7 Å². The van der Waals surface area contributed by atoms with Gasteiger partial charge in [-0.1, -0.05) is 17.7 Å². The number of benzene rings is 3. The number of halogens is 1. The van der Waals surface area contributed by atoms with Crippen molar-refractivity contribution in [3.8, 4) is 17.2 Å². The zero-order valence-corrected chi connectivity index (χ0v) is 19.1. The van der Waals surface area contributed by atoms with Gasteiger partial charge in [-0.05, 0) is 48.5 Å². The molecular formula is C22H21ClN2O6S. The van der Waals surface area contributed by atoms with Crippen LogP contribution in [0.3, 0.4) is 0 Å². The Balaban J connectivity index is 1.92. The molecule has 0 saturated heterocycles. The standard InChI is InChI=1S/C22H21ClN2O6S/c1-29-16-7-9-18(21(12-16)31-3)25-32(27,28)17-8-10-20(30-2)19(13-17)24-22(26)14-5-4-6-15(23)11-14/h4-13,25H,1-3H3,(H,24,26). The molecule has 2 N–H and O–H groups in total. The number of nitrogens with one attached hydrogen (secondary N) is 2. The maximum atomic E-state index is 13.0. The lowest BCUT2D eigenvalue weighted by molar-refractivity contribution is 0.102. The van der Waals surface area contributed by atoms with Crippen molar-refractivity contribution < 1.29 is 27.4 Å². The van der Waals surface area contributed by atoms with Gasteiger partial charge in [0.05, 0.1) is 37.6 Å². The number of anilines is 2. The molecule has 0 aliphatic carbocycles. The number of ether oxygens (including phenoxy) is 3. The highest BCUT2D eigenvalue weighted by molar-refractivity contribution is 7.92. The van der Waals surface area contributed by atoms with Crippen LogP contribution in [0.4, 0.5) is 11.4 Å². The smallest absolute Gasteiger partial charge is 0.262 e. The third kappa shape index (κ3) is 5.24. The van der Waals surface area contributed by atoms with E-state index in [4.69, 9.17) is 25.8 Å². The van der Waals surface area contributed by atoms with Crippen LogP contribution in [0.2, 0.25) is 5.02 Å². The predicted octanol–water partition coefficient (Wildman–Crippen LogP) is 4.42. The molecule has 10 heteroatoms. The maximum absolute atomic E-state index is 13.0. The average molecular weight is 477 g/mol. The fraction of sp³-hybridized carbons (Fsp3) is 0.136. The largest absolute Gasteiger partial charge is 0.497 e. The second-order valence-electron chi connectivity index (χ2n) is 6.50. The molecule has 0 aliphatic heterocycles. The first-order chi connectivity index (χ1) is 15.3. The summed E-state index contributed by atoms with van der Waals surface area (Å²) in [5.74, 6) is 0.627. The van der Waals surface area contributed by atoms with Gasteiger partial charge in [-0.2, -0.15) is 0 Å². The van der Waals surface area contributed by atoms with Crippen LogP contribution in [-0.4, -0.2) is 35.7 Å². The van der Waals surface area contributed by atoms with E-state index in [0.717, 1.165) is 0 Å². The lowest BCUT2D eigenvalue weighted by Crippen LogP contribution is -2.16. The number of carbonyl (C=O) groups is 1. The summed E-state index contributed by atoms with van der Waals surface area (Å²) in [5, 5.41) is 3.06. The minimum Gasteiger partial charge on any atom is -0.497 e. The molecule has 0 saturated carbocycles. The molecule has 0 spiro atoms. The number of hydrogen-bond donors (Lipinski definition) is 2. The van der Waals surface area contributed by atoms with Gasteiger partial charge < -0.3 is 19.5 Å². The van der Waals surface area contributed by atoms with Gasteiger partial charge in [-0.15, -0.1) is 0 Å². The Labute approximate surface area is 191 Å². The van der Waals surface area contributed by atoms with E-state index in [1.54, 1.807) is 30.3 Å². The second kappa shape index (κ2) is 9.80. The van der Waals surface area contributed by atoms with Crippen molar-refractivity contribution in [3.05, 3.63) is 71.2 Å². The van der Waals surface area contributed by atoms with Crippen LogP contribution < -0.4 is 24.2 Å². The Kier molecular flexibility index (Phi) is 7.12. The zero-order chi connectivity index (χ0) is 23.3. The van der Waals surface area contributed by atoms with Gasteiger partial charge in [0.1, 0.15) is 17.2 Å². The number of amides is 1. The molecular weight excluding hydrogens is 456 g/mol. The first-order valence-corrected chi connectivity index (χ1v) is 11.1. The molecule has 1 amide bonds. The Morgan fingerprint density at radius 3 is 2.25 bits per heavy atom. The first kappa shape index (κ1) is 23.2. The van der Waals surface area contributed by atoms with E-state index < -0.39 is 15.9 Å². The summed E-state index contributed by atoms with van der Waals surface area (Å²) in [6.45, 7) is 0. The van der Waals surface area contributed by atoms with Crippen molar-refractivity contribution in [2.24, 2.45) is 0 Å². The Morgan fingerprint density at radius 2 is 1.59 bits per heavy atom. The van der Waals surface area contributed by atoms with Crippen LogP contribution in [0.15, 0.2) is 65.6 Å². The van der Waals surface area contributed by atoms with Crippen LogP contribution in [0, 0.1) is 0 Å². The second-order valence-corrected chi connectivity index (χ2v) is 8.62. The highest BCUT2D eigenvalue weighted by Crippen LogP contribution is 2.33. The van der Waals surface area contributed by atoms with Crippen molar-refractivity contribution in [1.82, 2.24) is 0 Å². The fourth-order valence-corrected chi connectivity index (χ4v) is 4.15. The molecule has 0 bridgehead atoms. The predicted molar refractivity (Wildman–Crippen MR) is 123 cm³/mol. The van der Waals surface area contributed by atoms with Crippen LogP contribution in [-0.2, 0) is 10.0 Å². The molecule has 0 heterocycles. The summed E-state index contributed by atoms with van der Waals surface area (Å²) < 4.78 is 44.1. The molecule has 3 rings (SSSR count). The molecule has 0 radical (unpaired) electrons. The van der Waals surface area contributed by atoms with E-state index in [2.05, 4.69) is 10.0 Å². The molecule has 0 atom stereocenters. The van der Waals surface area contributed by atoms with Crippen molar-refractivity contribution in [1.29, 1.82) is 0 Å². The quantitative estimate of drug-likeness (QED) is 0.499. The molecule has 0 fully saturated rings. The van der Waals surface area contributed by atoms with Crippen LogP contribution >= 0.6 is 11.6 Å². The summed E-state index contributed by atoms with van der Waals surface area (Å²) in [6.07, 6.45) is 0. The third-order valence-electron chi connectivity index (χ3n) is 4.47. The van der Waals surface area contributed by atoms with Gasteiger partial charge in [0.25, 0.3) is 15.9 Å². The molecule has 32 heavy (non-hydrogen) atoms. The Morgan fingerprint density at radius 1 is 0.844 bits per heavy atom. The summed E-state index contributed by atoms with van der Waals surface area (Å²) in [7, 11) is 0.312. The van der Waals surface area contributed by atoms with E-state index >= 15 is 0 Å². The minimum atomic E-state index is -4.02. The number of carbonyl (C=O) groups excluding carboxylic acids is 1. The summed E-state index contributed by atoms with van der Waals surface area (Å²) >= 11 is 5.95. The lowest BCUT2D eigenvalue weighted by Gasteiger charge is -2.15. The number of rotatable bonds is 8. The SMILES string of the molecule is COc1ccc(NS(=O)(=O)c2ccc(OC)c(NC(=O)c3cccc(Cl)c3)c2)c(OC)c1. The van der Waals surface area contributed by atoms with E-state index in [-0.39, 0.29) is 22.0 Å². The van der Waals surface area contributed by atoms with E-state index in [9.17, 15) is 13.2 Å². The average Bonchev–Trinajstić information content (AvgIpc) is 2.79. The van der Waals surface area contributed by atoms with Crippen LogP contribution in [0.1, 0.15) is 10.4 Å². The molecule has 3 aromatic rings. The van der Waals surface area contributed by atoms with Crippen LogP contribution in [0.5, 0.6) is 17.2 Å². The molecule has 8 nitrogen and oxygen atoms in total. The zero-order valence-electron chi connectivity index (χ0n) is 17.5. The van der Waals surface area contributed by atoms with Crippen molar-refractivity contribution in [2.75, 3.05) is 31.4 Å². The molecule has 0 aliphatic rings. The highest BCUT2D eigenvalue weighted by Gasteiger charge is 2.20. The van der Waals surface area contributed by atoms with Crippen molar-refractivity contribution in [2.45, 2.75) is 4.90 Å². The minimum absolute atomic E-state index is 0.0856. The molecule has 3 aromatic carbocycles. The number of sulfonamides is 1. The van der Waals surface area contributed by atoms with E-state index in [1.807, 2.05) is 0 Å². The van der Waals surface area contributed by atoms with Gasteiger partial charge in [0, 0.05) is 16.7 Å². The van der Waals surface area contributed by atoms with Crippen LogP contribution in [0.25, 0.3) is 0 Å². The Hall–Kier alpha value is -3.43. The lowest BCUT2D eigenvalue weighted by atomic mass is 10.2. The van der Waals surface area contributed by atoms with Crippen molar-refractivity contribution >= 4 is 38.9 Å². The van der Waals surface area contributed by atoms with E-state index in [0.29, 0.717) is 22.1 Å². The molecule has 0 unspecified atom stereocenters. The van der Waals surface area contributed by atoms with Gasteiger partial charge in [-0.25, -0.2) is 8.42 Å². The summed E-state index contributed by atoms with van der Waals surface area (Å²) in [4.78, 5) is 12.5. The van der Waals surface area contributed by atoms with Gasteiger partial charge in [0.15, 0.2) is 0 Å².